The fourth-order valence-corrected chi connectivity index (χ4v) is 5.91. The van der Waals surface area contributed by atoms with Crippen LogP contribution >= 0.6 is 0 Å². The lowest BCUT2D eigenvalue weighted by Crippen LogP contribution is -2.56. The van der Waals surface area contributed by atoms with Crippen molar-refractivity contribution in [2.45, 2.75) is 44.9 Å². The Morgan fingerprint density at radius 2 is 2.00 bits per heavy atom. The van der Waals surface area contributed by atoms with E-state index in [2.05, 4.69) is 33.4 Å². The van der Waals surface area contributed by atoms with Gasteiger partial charge in [0, 0.05) is 37.1 Å². The molecule has 3 saturated heterocycles. The SMILES string of the molecule is CCOC(=O)C1=CC=NC2C1C(CCN[C@H]1CN3CCC1CC3)=CN2Cc1ccc(OC)cc1. The molecule has 0 aliphatic carbocycles. The number of ether oxygens (including phenoxy) is 2. The van der Waals surface area contributed by atoms with E-state index in [9.17, 15) is 4.79 Å². The number of carbonyl (C=O) groups is 1. The zero-order valence-corrected chi connectivity index (χ0v) is 20.3. The van der Waals surface area contributed by atoms with Gasteiger partial charge in [0.05, 0.1) is 19.6 Å². The van der Waals surface area contributed by atoms with Gasteiger partial charge < -0.3 is 24.6 Å². The van der Waals surface area contributed by atoms with Gasteiger partial charge in [-0.25, -0.2) is 4.79 Å². The van der Waals surface area contributed by atoms with Crippen molar-refractivity contribution >= 4 is 12.2 Å². The molecule has 182 valence electrons. The van der Waals surface area contributed by atoms with Gasteiger partial charge in [0.15, 0.2) is 0 Å². The summed E-state index contributed by atoms with van der Waals surface area (Å²) >= 11 is 0. The predicted molar refractivity (Wildman–Crippen MR) is 133 cm³/mol. The van der Waals surface area contributed by atoms with Gasteiger partial charge >= 0.3 is 5.97 Å². The molecule has 7 heteroatoms. The zero-order chi connectivity index (χ0) is 23.5. The van der Waals surface area contributed by atoms with E-state index in [1.807, 2.05) is 25.1 Å². The molecule has 3 fully saturated rings. The molecule has 0 amide bonds. The van der Waals surface area contributed by atoms with E-state index in [1.54, 1.807) is 13.3 Å². The van der Waals surface area contributed by atoms with Crippen LogP contribution in [0.25, 0.3) is 0 Å². The number of dihydropyridines is 1. The van der Waals surface area contributed by atoms with E-state index in [0.29, 0.717) is 18.2 Å². The number of methoxy groups -OCH3 is 1. The number of hydrogen-bond donors (Lipinski definition) is 1. The summed E-state index contributed by atoms with van der Waals surface area (Å²) in [4.78, 5) is 22.4. The fraction of sp³-hybridized carbons (Fsp3) is 0.556. The first kappa shape index (κ1) is 23.1. The number of piperidine rings is 3. The van der Waals surface area contributed by atoms with Gasteiger partial charge in [-0.3, -0.25) is 4.99 Å². The van der Waals surface area contributed by atoms with Gasteiger partial charge in [0.25, 0.3) is 0 Å². The topological polar surface area (TPSA) is 66.4 Å². The van der Waals surface area contributed by atoms with Crippen LogP contribution in [0.2, 0.25) is 0 Å². The lowest BCUT2D eigenvalue weighted by atomic mass is 9.83. The molecule has 0 aromatic heterocycles. The Morgan fingerprint density at radius 1 is 1.21 bits per heavy atom. The molecule has 5 aliphatic heterocycles. The number of carbonyl (C=O) groups excluding carboxylic acids is 1. The van der Waals surface area contributed by atoms with Gasteiger partial charge in [-0.1, -0.05) is 12.1 Å². The normalized spacial score (nSPS) is 29.5. The molecular weight excluding hydrogens is 428 g/mol. The molecule has 5 aliphatic rings. The Kier molecular flexibility index (Phi) is 7.02. The lowest BCUT2D eigenvalue weighted by molar-refractivity contribution is -0.139. The van der Waals surface area contributed by atoms with Crippen molar-refractivity contribution in [2.75, 3.05) is 39.9 Å². The van der Waals surface area contributed by atoms with Crippen molar-refractivity contribution in [3.05, 3.63) is 53.3 Å². The van der Waals surface area contributed by atoms with E-state index in [4.69, 9.17) is 14.5 Å². The first-order valence-corrected chi connectivity index (χ1v) is 12.6. The van der Waals surface area contributed by atoms with Crippen LogP contribution in [0, 0.1) is 11.8 Å². The lowest BCUT2D eigenvalue weighted by Gasteiger charge is -2.45. The highest BCUT2D eigenvalue weighted by Crippen LogP contribution is 2.39. The Bertz CT molecular complexity index is 963. The summed E-state index contributed by atoms with van der Waals surface area (Å²) in [6, 6.07) is 8.73. The second-order valence-electron chi connectivity index (χ2n) is 9.70. The highest BCUT2D eigenvalue weighted by Gasteiger charge is 2.41. The quantitative estimate of drug-likeness (QED) is 0.567. The number of rotatable bonds is 9. The number of hydrogen-bond acceptors (Lipinski definition) is 7. The minimum Gasteiger partial charge on any atom is -0.497 e. The van der Waals surface area contributed by atoms with Crippen LogP contribution < -0.4 is 10.1 Å². The van der Waals surface area contributed by atoms with E-state index in [-0.39, 0.29) is 18.1 Å². The molecule has 1 N–H and O–H groups in total. The predicted octanol–water partition coefficient (Wildman–Crippen LogP) is 2.98. The maximum Gasteiger partial charge on any atom is 0.334 e. The molecule has 2 bridgehead atoms. The van der Waals surface area contributed by atoms with E-state index >= 15 is 0 Å². The monoisotopic (exact) mass is 464 g/mol. The van der Waals surface area contributed by atoms with Crippen LogP contribution in [0.15, 0.2) is 52.7 Å². The summed E-state index contributed by atoms with van der Waals surface area (Å²) in [5, 5.41) is 3.83. The van der Waals surface area contributed by atoms with E-state index < -0.39 is 0 Å². The smallest absolute Gasteiger partial charge is 0.334 e. The van der Waals surface area contributed by atoms with E-state index in [1.165, 1.54) is 37.1 Å². The summed E-state index contributed by atoms with van der Waals surface area (Å²) < 4.78 is 10.7. The molecule has 0 spiro atoms. The third kappa shape index (κ3) is 4.77. The Morgan fingerprint density at radius 3 is 2.68 bits per heavy atom. The number of fused-ring (bicyclic) bond motifs is 4. The number of benzene rings is 1. The maximum absolute atomic E-state index is 12.8. The zero-order valence-electron chi connectivity index (χ0n) is 20.3. The molecule has 3 atom stereocenters. The highest BCUT2D eigenvalue weighted by atomic mass is 16.5. The molecule has 6 rings (SSSR count). The molecule has 34 heavy (non-hydrogen) atoms. The van der Waals surface area contributed by atoms with Crippen LogP contribution in [0.1, 0.15) is 31.7 Å². The van der Waals surface area contributed by atoms with Crippen LogP contribution in [-0.2, 0) is 16.1 Å². The van der Waals surface area contributed by atoms with Crippen molar-refractivity contribution in [3.63, 3.8) is 0 Å². The minimum atomic E-state index is -0.230. The molecule has 0 saturated carbocycles. The van der Waals surface area contributed by atoms with Gasteiger partial charge in [0.2, 0.25) is 0 Å². The van der Waals surface area contributed by atoms with Crippen LogP contribution in [0.4, 0.5) is 0 Å². The summed E-state index contributed by atoms with van der Waals surface area (Å²) in [5.41, 5.74) is 3.15. The largest absolute Gasteiger partial charge is 0.497 e. The molecule has 5 heterocycles. The van der Waals surface area contributed by atoms with Crippen molar-refractivity contribution in [3.8, 4) is 5.75 Å². The third-order valence-corrected chi connectivity index (χ3v) is 7.71. The van der Waals surface area contributed by atoms with Gasteiger partial charge in [-0.15, -0.1) is 0 Å². The standard InChI is InChI=1S/C27H36N4O3/c1-3-34-27(32)23-9-13-29-26-25(23)21(8-12-28-24-18-30-14-10-20(24)11-15-30)17-31(26)16-19-4-6-22(33-2)7-5-19/h4-7,9,13,17,20,24-26,28H,3,8,10-12,14-16,18H2,1-2H3/t24-,25?,26?/m0/s1. The first-order chi connectivity index (χ1) is 16.7. The molecule has 2 unspecified atom stereocenters. The molecule has 1 aromatic carbocycles. The number of esters is 1. The summed E-state index contributed by atoms with van der Waals surface area (Å²) in [5.74, 6) is 1.36. The van der Waals surface area contributed by atoms with Crippen LogP contribution in [-0.4, -0.2) is 74.1 Å². The third-order valence-electron chi connectivity index (χ3n) is 7.71. The van der Waals surface area contributed by atoms with Crippen molar-refractivity contribution < 1.29 is 14.3 Å². The Balaban J connectivity index is 1.30. The second kappa shape index (κ2) is 10.3. The second-order valence-corrected chi connectivity index (χ2v) is 9.70. The maximum atomic E-state index is 12.8. The van der Waals surface area contributed by atoms with Crippen LogP contribution in [0.3, 0.4) is 0 Å². The fourth-order valence-electron chi connectivity index (χ4n) is 5.91. The van der Waals surface area contributed by atoms with Gasteiger partial charge in [0.1, 0.15) is 11.9 Å². The molecule has 7 nitrogen and oxygen atoms in total. The van der Waals surface area contributed by atoms with Crippen molar-refractivity contribution in [1.82, 2.24) is 15.1 Å². The van der Waals surface area contributed by atoms with Crippen molar-refractivity contribution in [2.24, 2.45) is 16.8 Å². The van der Waals surface area contributed by atoms with Gasteiger partial charge in [-0.05, 0) is 81.1 Å². The number of allylic oxidation sites excluding steroid dienone is 1. The molecule has 1 aromatic rings. The highest BCUT2D eigenvalue weighted by molar-refractivity contribution is 5.96. The Hall–Kier alpha value is -2.64. The average molecular weight is 465 g/mol. The minimum absolute atomic E-state index is 0.0596. The summed E-state index contributed by atoms with van der Waals surface area (Å²) in [6.07, 6.45) is 9.24. The average Bonchev–Trinajstić information content (AvgIpc) is 3.23. The first-order valence-electron chi connectivity index (χ1n) is 12.6. The molecule has 0 radical (unpaired) electrons. The Labute approximate surface area is 202 Å². The number of nitrogens with one attached hydrogen (secondary N) is 1. The molecular formula is C27H36N4O3. The van der Waals surface area contributed by atoms with E-state index in [0.717, 1.165) is 37.7 Å². The number of nitrogens with zero attached hydrogens (tertiary/aromatic N) is 3. The van der Waals surface area contributed by atoms with Crippen LogP contribution in [0.5, 0.6) is 5.75 Å². The summed E-state index contributed by atoms with van der Waals surface area (Å²) in [6.45, 7) is 7.55. The number of aliphatic imine (C=N–C) groups is 1. The summed E-state index contributed by atoms with van der Waals surface area (Å²) in [7, 11) is 1.68. The van der Waals surface area contributed by atoms with Crippen molar-refractivity contribution in [1.29, 1.82) is 0 Å². The van der Waals surface area contributed by atoms with Gasteiger partial charge in [-0.2, -0.15) is 0 Å².